The molecule has 1 saturated heterocycles. The Morgan fingerprint density at radius 1 is 1.26 bits per heavy atom. The van der Waals surface area contributed by atoms with E-state index in [4.69, 9.17) is 0 Å². The molecule has 0 saturated carbocycles. The number of fused-ring (bicyclic) bond motifs is 1. The van der Waals surface area contributed by atoms with Crippen molar-refractivity contribution in [2.24, 2.45) is 0 Å². The van der Waals surface area contributed by atoms with Crippen LogP contribution in [0.3, 0.4) is 0 Å². The van der Waals surface area contributed by atoms with Gasteiger partial charge in [-0.25, -0.2) is 5.10 Å². The van der Waals surface area contributed by atoms with Gasteiger partial charge in [0.05, 0.1) is 0 Å². The van der Waals surface area contributed by atoms with Crippen molar-refractivity contribution in [1.29, 1.82) is 0 Å². The number of rotatable bonds is 5. The zero-order valence-electron chi connectivity index (χ0n) is 15.1. The molecule has 140 valence electrons. The van der Waals surface area contributed by atoms with Crippen molar-refractivity contribution in [3.05, 3.63) is 58.5 Å². The predicted octanol–water partition coefficient (Wildman–Crippen LogP) is 1.97. The van der Waals surface area contributed by atoms with E-state index in [1.807, 2.05) is 24.4 Å². The number of hydrogen-bond acceptors (Lipinski definition) is 4. The molecular weight excluding hydrogens is 342 g/mol. The molecule has 1 unspecified atom stereocenters. The van der Waals surface area contributed by atoms with Crippen LogP contribution < -0.4 is 15.8 Å². The van der Waals surface area contributed by atoms with Gasteiger partial charge in [-0.15, -0.1) is 0 Å². The Hall–Kier alpha value is -3.09. The molecule has 0 spiro atoms. The Kier molecular flexibility index (Phi) is 4.91. The average molecular weight is 365 g/mol. The molecule has 27 heavy (non-hydrogen) atoms. The fraction of sp³-hybridized carbons (Fsp3) is 0.350. The Morgan fingerprint density at radius 2 is 2.15 bits per heavy atom. The van der Waals surface area contributed by atoms with Crippen molar-refractivity contribution in [1.82, 2.24) is 20.5 Å². The van der Waals surface area contributed by atoms with E-state index in [9.17, 15) is 9.59 Å². The summed E-state index contributed by atoms with van der Waals surface area (Å²) >= 11 is 0. The van der Waals surface area contributed by atoms with Crippen molar-refractivity contribution >= 4 is 22.6 Å². The number of benzene rings is 1. The van der Waals surface area contributed by atoms with Crippen LogP contribution in [0.4, 0.5) is 5.82 Å². The van der Waals surface area contributed by atoms with Gasteiger partial charge in [0.2, 0.25) is 5.91 Å². The van der Waals surface area contributed by atoms with E-state index in [-0.39, 0.29) is 17.5 Å². The molecule has 3 heterocycles. The molecule has 1 aliphatic rings. The number of nitrogens with one attached hydrogen (secondary N) is 3. The van der Waals surface area contributed by atoms with Gasteiger partial charge in [-0.2, -0.15) is 5.10 Å². The largest absolute Gasteiger partial charge is 0.361 e. The summed E-state index contributed by atoms with van der Waals surface area (Å²) < 4.78 is 0. The summed E-state index contributed by atoms with van der Waals surface area (Å²) in [7, 11) is 0. The van der Waals surface area contributed by atoms with Crippen LogP contribution in [0.1, 0.15) is 24.8 Å². The van der Waals surface area contributed by atoms with Gasteiger partial charge in [-0.3, -0.25) is 9.59 Å². The van der Waals surface area contributed by atoms with Crippen LogP contribution in [-0.2, 0) is 11.2 Å². The summed E-state index contributed by atoms with van der Waals surface area (Å²) in [5.41, 5.74) is 2.06. The lowest BCUT2D eigenvalue weighted by molar-refractivity contribution is -0.121. The molecule has 0 radical (unpaired) electrons. The van der Waals surface area contributed by atoms with Crippen LogP contribution in [-0.4, -0.2) is 40.2 Å². The third-order valence-electron chi connectivity index (χ3n) is 5.07. The molecule has 3 aromatic rings. The highest BCUT2D eigenvalue weighted by atomic mass is 16.1. The van der Waals surface area contributed by atoms with E-state index in [1.54, 1.807) is 6.07 Å². The number of hydrogen-bond donors (Lipinski definition) is 3. The molecule has 7 nitrogen and oxygen atoms in total. The summed E-state index contributed by atoms with van der Waals surface area (Å²) in [6, 6.07) is 11.4. The van der Waals surface area contributed by atoms with Gasteiger partial charge in [-0.05, 0) is 37.0 Å². The molecule has 1 atom stereocenters. The lowest BCUT2D eigenvalue weighted by atomic mass is 10.0. The summed E-state index contributed by atoms with van der Waals surface area (Å²) in [4.78, 5) is 28.9. The first-order chi connectivity index (χ1) is 13.2. The molecule has 1 aromatic carbocycles. The molecule has 1 fully saturated rings. The molecule has 7 heteroatoms. The smallest absolute Gasteiger partial charge is 0.264 e. The minimum Gasteiger partial charge on any atom is -0.361 e. The summed E-state index contributed by atoms with van der Waals surface area (Å²) in [6.07, 6.45) is 5.11. The number of aryl methyl sites for hydroxylation is 1. The van der Waals surface area contributed by atoms with Gasteiger partial charge >= 0.3 is 0 Å². The minimum absolute atomic E-state index is 0.0709. The van der Waals surface area contributed by atoms with Crippen LogP contribution in [0, 0.1) is 0 Å². The van der Waals surface area contributed by atoms with Crippen LogP contribution >= 0.6 is 0 Å². The third-order valence-corrected chi connectivity index (χ3v) is 5.07. The normalized spacial score (nSPS) is 17.2. The van der Waals surface area contributed by atoms with E-state index in [1.165, 1.54) is 17.0 Å². The lowest BCUT2D eigenvalue weighted by Crippen LogP contribution is -2.48. The third kappa shape index (κ3) is 4.02. The second-order valence-corrected chi connectivity index (χ2v) is 6.99. The minimum atomic E-state index is -0.210. The Morgan fingerprint density at radius 3 is 3.00 bits per heavy atom. The lowest BCUT2D eigenvalue weighted by Gasteiger charge is -2.33. The van der Waals surface area contributed by atoms with Crippen LogP contribution in [0.2, 0.25) is 0 Å². The van der Waals surface area contributed by atoms with Crippen molar-refractivity contribution in [2.75, 3.05) is 18.0 Å². The van der Waals surface area contributed by atoms with E-state index in [0.717, 1.165) is 30.7 Å². The number of amides is 1. The quantitative estimate of drug-likeness (QED) is 0.644. The Labute approximate surface area is 156 Å². The second kappa shape index (κ2) is 7.65. The zero-order valence-corrected chi connectivity index (χ0v) is 15.1. The van der Waals surface area contributed by atoms with Gasteiger partial charge in [-0.1, -0.05) is 18.2 Å². The number of aromatic amines is 2. The number of carbonyl (C=O) groups excluding carboxylic acids is 1. The topological polar surface area (TPSA) is 93.9 Å². The van der Waals surface area contributed by atoms with Crippen molar-refractivity contribution in [3.8, 4) is 0 Å². The molecular formula is C20H23N5O2. The standard InChI is InChI=1S/C20H23N5O2/c26-19(9-7-14-12-21-17-6-2-1-5-16(14)17)22-15-4-3-11-25(13-15)18-8-10-20(27)24-23-18/h1-2,5-6,8,10,12,15,21H,3-4,7,9,11,13H2,(H,22,26)(H,24,27). The molecule has 0 bridgehead atoms. The van der Waals surface area contributed by atoms with Gasteiger partial charge in [0, 0.05) is 48.7 Å². The maximum Gasteiger partial charge on any atom is 0.264 e. The SMILES string of the molecule is O=C(CCc1c[nH]c2ccccc12)NC1CCCN(c2ccc(=O)[nH]n2)C1. The highest BCUT2D eigenvalue weighted by molar-refractivity contribution is 5.84. The molecule has 1 amide bonds. The monoisotopic (exact) mass is 365 g/mol. The highest BCUT2D eigenvalue weighted by Crippen LogP contribution is 2.19. The molecule has 4 rings (SSSR count). The number of nitrogens with zero attached hydrogens (tertiary/aromatic N) is 2. The first-order valence-corrected chi connectivity index (χ1v) is 9.34. The van der Waals surface area contributed by atoms with Gasteiger partial charge < -0.3 is 15.2 Å². The van der Waals surface area contributed by atoms with E-state index in [2.05, 4.69) is 31.5 Å². The number of aromatic nitrogens is 3. The van der Waals surface area contributed by atoms with Crippen molar-refractivity contribution in [3.63, 3.8) is 0 Å². The Balaban J connectivity index is 1.32. The number of anilines is 1. The van der Waals surface area contributed by atoms with Crippen molar-refractivity contribution in [2.45, 2.75) is 31.7 Å². The fourth-order valence-corrected chi connectivity index (χ4v) is 3.70. The average Bonchev–Trinajstić information content (AvgIpc) is 3.10. The molecule has 0 aliphatic carbocycles. The predicted molar refractivity (Wildman–Crippen MR) is 105 cm³/mol. The number of H-pyrrole nitrogens is 2. The number of piperidine rings is 1. The fourth-order valence-electron chi connectivity index (χ4n) is 3.70. The summed E-state index contributed by atoms with van der Waals surface area (Å²) in [5, 5.41) is 10.9. The molecule has 1 aliphatic heterocycles. The summed E-state index contributed by atoms with van der Waals surface area (Å²) in [6.45, 7) is 1.58. The van der Waals surface area contributed by atoms with E-state index in [0.29, 0.717) is 19.4 Å². The van der Waals surface area contributed by atoms with Crippen molar-refractivity contribution < 1.29 is 4.79 Å². The van der Waals surface area contributed by atoms with Gasteiger partial charge in [0.1, 0.15) is 5.82 Å². The highest BCUT2D eigenvalue weighted by Gasteiger charge is 2.22. The number of para-hydroxylation sites is 1. The zero-order chi connectivity index (χ0) is 18.6. The first-order valence-electron chi connectivity index (χ1n) is 9.34. The van der Waals surface area contributed by atoms with E-state index < -0.39 is 0 Å². The maximum absolute atomic E-state index is 12.4. The molecule has 3 N–H and O–H groups in total. The Bertz CT molecular complexity index is 973. The van der Waals surface area contributed by atoms with Crippen LogP contribution in [0.25, 0.3) is 10.9 Å². The second-order valence-electron chi connectivity index (χ2n) is 6.99. The van der Waals surface area contributed by atoms with Crippen LogP contribution in [0.15, 0.2) is 47.4 Å². The maximum atomic E-state index is 12.4. The van der Waals surface area contributed by atoms with E-state index >= 15 is 0 Å². The molecule has 2 aromatic heterocycles. The summed E-state index contributed by atoms with van der Waals surface area (Å²) in [5.74, 6) is 0.814. The van der Waals surface area contributed by atoms with Crippen LogP contribution in [0.5, 0.6) is 0 Å². The first kappa shape index (κ1) is 17.3. The van der Waals surface area contributed by atoms with Gasteiger partial charge in [0.25, 0.3) is 5.56 Å². The number of carbonyl (C=O) groups is 1. The van der Waals surface area contributed by atoms with Gasteiger partial charge in [0.15, 0.2) is 0 Å².